The average molecular weight is 168 g/mol. The summed E-state index contributed by atoms with van der Waals surface area (Å²) < 4.78 is 0. The summed E-state index contributed by atoms with van der Waals surface area (Å²) in [6, 6.07) is 0. The van der Waals surface area contributed by atoms with Gasteiger partial charge in [-0.3, -0.25) is 0 Å². The molecule has 0 aliphatic heterocycles. The van der Waals surface area contributed by atoms with Gasteiger partial charge < -0.3 is 5.11 Å². The fourth-order valence-corrected chi connectivity index (χ4v) is 1.95. The van der Waals surface area contributed by atoms with Crippen molar-refractivity contribution >= 4 is 0 Å². The Kier molecular flexibility index (Phi) is 4.37. The first-order chi connectivity index (χ1) is 5.84. The third-order valence-electron chi connectivity index (χ3n) is 2.79. The monoisotopic (exact) mass is 168 g/mol. The van der Waals surface area contributed by atoms with Gasteiger partial charge in [-0.15, -0.1) is 0 Å². The van der Waals surface area contributed by atoms with Crippen LogP contribution in [0.2, 0.25) is 0 Å². The fraction of sp³-hybridized carbons (Fsp3) is 0.818. The number of aliphatic hydroxyl groups excluding tert-OH is 1. The molecule has 2 unspecified atom stereocenters. The van der Waals surface area contributed by atoms with E-state index in [-0.39, 0.29) is 6.10 Å². The third-order valence-corrected chi connectivity index (χ3v) is 2.79. The van der Waals surface area contributed by atoms with Crippen molar-refractivity contribution in [2.45, 2.75) is 51.6 Å². The van der Waals surface area contributed by atoms with Crippen LogP contribution in [0.15, 0.2) is 12.2 Å². The highest BCUT2D eigenvalue weighted by atomic mass is 16.3. The highest BCUT2D eigenvalue weighted by Crippen LogP contribution is 2.26. The van der Waals surface area contributed by atoms with Gasteiger partial charge in [0.15, 0.2) is 0 Å². The molecule has 2 atom stereocenters. The van der Waals surface area contributed by atoms with E-state index in [2.05, 4.69) is 12.2 Å². The summed E-state index contributed by atoms with van der Waals surface area (Å²) in [4.78, 5) is 0. The molecule has 0 saturated heterocycles. The molecule has 0 aromatic carbocycles. The molecule has 70 valence electrons. The van der Waals surface area contributed by atoms with Crippen LogP contribution in [-0.4, -0.2) is 11.2 Å². The minimum atomic E-state index is -0.0382. The molecule has 0 spiro atoms. The van der Waals surface area contributed by atoms with Gasteiger partial charge >= 0.3 is 0 Å². The van der Waals surface area contributed by atoms with Crippen LogP contribution in [0.5, 0.6) is 0 Å². The van der Waals surface area contributed by atoms with Crippen LogP contribution in [0.4, 0.5) is 0 Å². The Labute approximate surface area is 75.5 Å². The fourth-order valence-electron chi connectivity index (χ4n) is 1.95. The van der Waals surface area contributed by atoms with Gasteiger partial charge in [0.25, 0.3) is 0 Å². The molecule has 1 aliphatic carbocycles. The van der Waals surface area contributed by atoms with Crippen molar-refractivity contribution in [2.75, 3.05) is 0 Å². The van der Waals surface area contributed by atoms with Crippen molar-refractivity contribution in [3.8, 4) is 0 Å². The van der Waals surface area contributed by atoms with E-state index in [1.54, 1.807) is 0 Å². The Morgan fingerprint density at radius 2 is 2.00 bits per heavy atom. The Morgan fingerprint density at radius 3 is 2.75 bits per heavy atom. The smallest absolute Gasteiger partial charge is 0.0571 e. The summed E-state index contributed by atoms with van der Waals surface area (Å²) >= 11 is 0. The van der Waals surface area contributed by atoms with Crippen molar-refractivity contribution < 1.29 is 5.11 Å². The van der Waals surface area contributed by atoms with E-state index in [1.165, 1.54) is 25.7 Å². The topological polar surface area (TPSA) is 20.2 Å². The second kappa shape index (κ2) is 5.36. The van der Waals surface area contributed by atoms with Gasteiger partial charge in [0.05, 0.1) is 6.10 Å². The molecule has 0 radical (unpaired) electrons. The van der Waals surface area contributed by atoms with Crippen LogP contribution in [-0.2, 0) is 0 Å². The molecular weight excluding hydrogens is 148 g/mol. The predicted molar refractivity (Wildman–Crippen MR) is 52.0 cm³/mol. The maximum absolute atomic E-state index is 9.74. The van der Waals surface area contributed by atoms with E-state index in [9.17, 15) is 5.11 Å². The van der Waals surface area contributed by atoms with Gasteiger partial charge in [-0.25, -0.2) is 0 Å². The zero-order chi connectivity index (χ0) is 8.81. The van der Waals surface area contributed by atoms with Crippen LogP contribution >= 0.6 is 0 Å². The quantitative estimate of drug-likeness (QED) is 0.496. The molecule has 0 aromatic rings. The van der Waals surface area contributed by atoms with Crippen molar-refractivity contribution in [1.29, 1.82) is 0 Å². The number of rotatable bonds is 2. The number of aliphatic hydroxyl groups is 1. The maximum atomic E-state index is 9.74. The molecule has 0 amide bonds. The van der Waals surface area contributed by atoms with Crippen LogP contribution in [0.1, 0.15) is 45.4 Å². The van der Waals surface area contributed by atoms with Gasteiger partial charge in [-0.2, -0.15) is 0 Å². The first kappa shape index (κ1) is 9.79. The van der Waals surface area contributed by atoms with Gasteiger partial charge in [0.1, 0.15) is 0 Å². The first-order valence-corrected chi connectivity index (χ1v) is 5.14. The molecule has 1 saturated carbocycles. The molecular formula is C11H20O. The molecule has 1 heteroatoms. The van der Waals surface area contributed by atoms with Crippen molar-refractivity contribution in [3.63, 3.8) is 0 Å². The molecule has 0 heterocycles. The summed E-state index contributed by atoms with van der Waals surface area (Å²) in [5, 5.41) is 9.74. The van der Waals surface area contributed by atoms with Gasteiger partial charge in [-0.1, -0.05) is 31.4 Å². The van der Waals surface area contributed by atoms with E-state index in [1.807, 2.05) is 6.92 Å². The summed E-state index contributed by atoms with van der Waals surface area (Å²) in [6.45, 7) is 2.04. The molecule has 1 aliphatic rings. The number of hydrogen-bond donors (Lipinski definition) is 1. The van der Waals surface area contributed by atoms with Crippen molar-refractivity contribution in [3.05, 3.63) is 12.2 Å². The number of allylic oxidation sites excluding steroid dienone is 2. The third kappa shape index (κ3) is 2.98. The van der Waals surface area contributed by atoms with Gasteiger partial charge in [0.2, 0.25) is 0 Å². The predicted octanol–water partition coefficient (Wildman–Crippen LogP) is 2.89. The Balaban J connectivity index is 2.36. The normalized spacial score (nSPS) is 32.2. The first-order valence-electron chi connectivity index (χ1n) is 5.14. The van der Waals surface area contributed by atoms with E-state index in [4.69, 9.17) is 0 Å². The highest BCUT2D eigenvalue weighted by Gasteiger charge is 2.19. The lowest BCUT2D eigenvalue weighted by Crippen LogP contribution is -2.17. The average Bonchev–Trinajstić information content (AvgIpc) is 2.27. The van der Waals surface area contributed by atoms with E-state index in [0.717, 1.165) is 12.8 Å². The standard InChI is InChI=1S/C11H20O/c1-2-3-7-10-8-5-4-6-9-11(10)12/h2-3,10-12H,4-9H2,1H3. The Hall–Kier alpha value is -0.300. The van der Waals surface area contributed by atoms with Gasteiger partial charge in [0, 0.05) is 0 Å². The summed E-state index contributed by atoms with van der Waals surface area (Å²) in [5.41, 5.74) is 0. The zero-order valence-corrected chi connectivity index (χ0v) is 8.00. The Bertz CT molecular complexity index is 140. The minimum absolute atomic E-state index is 0.0382. The van der Waals surface area contributed by atoms with Crippen molar-refractivity contribution in [1.82, 2.24) is 0 Å². The summed E-state index contributed by atoms with van der Waals surface area (Å²) in [7, 11) is 0. The van der Waals surface area contributed by atoms with Crippen LogP contribution in [0.25, 0.3) is 0 Å². The van der Waals surface area contributed by atoms with Gasteiger partial charge in [-0.05, 0) is 32.1 Å². The molecule has 0 aromatic heterocycles. The molecule has 1 N–H and O–H groups in total. The second-order valence-electron chi connectivity index (χ2n) is 3.77. The summed E-state index contributed by atoms with van der Waals surface area (Å²) in [5.74, 6) is 0.531. The van der Waals surface area contributed by atoms with E-state index >= 15 is 0 Å². The highest BCUT2D eigenvalue weighted by molar-refractivity contribution is 4.84. The molecule has 1 fully saturated rings. The minimum Gasteiger partial charge on any atom is -0.393 e. The van der Waals surface area contributed by atoms with Crippen LogP contribution < -0.4 is 0 Å². The largest absolute Gasteiger partial charge is 0.393 e. The second-order valence-corrected chi connectivity index (χ2v) is 3.77. The molecule has 1 rings (SSSR count). The SMILES string of the molecule is CC=CCC1CCCCCC1O. The van der Waals surface area contributed by atoms with Crippen LogP contribution in [0, 0.1) is 5.92 Å². The molecule has 0 bridgehead atoms. The lowest BCUT2D eigenvalue weighted by molar-refractivity contribution is 0.102. The summed E-state index contributed by atoms with van der Waals surface area (Å²) in [6.07, 6.45) is 11.3. The van der Waals surface area contributed by atoms with Crippen molar-refractivity contribution in [2.24, 2.45) is 5.92 Å². The lowest BCUT2D eigenvalue weighted by atomic mass is 9.94. The number of hydrogen-bond acceptors (Lipinski definition) is 1. The maximum Gasteiger partial charge on any atom is 0.0571 e. The molecule has 12 heavy (non-hydrogen) atoms. The van der Waals surface area contributed by atoms with E-state index in [0.29, 0.717) is 5.92 Å². The Morgan fingerprint density at radius 1 is 1.25 bits per heavy atom. The molecule has 1 nitrogen and oxygen atoms in total. The van der Waals surface area contributed by atoms with E-state index < -0.39 is 0 Å². The lowest BCUT2D eigenvalue weighted by Gasteiger charge is -2.17. The zero-order valence-electron chi connectivity index (χ0n) is 8.00. The van der Waals surface area contributed by atoms with Crippen LogP contribution in [0.3, 0.4) is 0 Å².